The van der Waals surface area contributed by atoms with E-state index in [9.17, 15) is 24.0 Å². The minimum atomic E-state index is -1.26. The summed E-state index contributed by atoms with van der Waals surface area (Å²) < 4.78 is 0. The lowest BCUT2D eigenvalue weighted by atomic mass is 10.1. The van der Waals surface area contributed by atoms with Gasteiger partial charge in [0.1, 0.15) is 18.1 Å². The molecule has 4 atom stereocenters. The molecule has 3 amide bonds. The summed E-state index contributed by atoms with van der Waals surface area (Å²) in [5, 5.41) is 24.3. The number of hydrogen-bond acceptors (Lipinski definition) is 7. The molecule has 4 unspecified atom stereocenters. The summed E-state index contributed by atoms with van der Waals surface area (Å²) in [6.45, 7) is 2.63. The van der Waals surface area contributed by atoms with Gasteiger partial charge in [-0.1, -0.05) is 0 Å². The van der Waals surface area contributed by atoms with Gasteiger partial charge in [-0.2, -0.15) is 12.6 Å². The number of carboxylic acid groups (broad SMARTS) is 2. The van der Waals surface area contributed by atoms with Crippen LogP contribution in [-0.4, -0.2) is 69.8 Å². The van der Waals surface area contributed by atoms with E-state index in [-0.39, 0.29) is 12.2 Å². The smallest absolute Gasteiger partial charge is 0.325 e. The van der Waals surface area contributed by atoms with Crippen LogP contribution in [0.25, 0.3) is 0 Å². The van der Waals surface area contributed by atoms with Gasteiger partial charge in [0.05, 0.1) is 6.04 Å². The van der Waals surface area contributed by atoms with Crippen LogP contribution in [0, 0.1) is 0 Å². The minimum absolute atomic E-state index is 0.142. The first-order valence-corrected chi connectivity index (χ1v) is 8.35. The molecule has 0 rings (SSSR count). The molecule has 0 fully saturated rings. The van der Waals surface area contributed by atoms with E-state index in [1.165, 1.54) is 13.8 Å². The Morgan fingerprint density at radius 1 is 0.923 bits per heavy atom. The van der Waals surface area contributed by atoms with Crippen LogP contribution in [0.4, 0.5) is 0 Å². The Hall–Kier alpha value is -2.34. The Balaban J connectivity index is 5.04. The summed E-state index contributed by atoms with van der Waals surface area (Å²) in [7, 11) is 0. The molecule has 0 aromatic rings. The Morgan fingerprint density at radius 3 is 1.85 bits per heavy atom. The normalized spacial score (nSPS) is 15.1. The van der Waals surface area contributed by atoms with E-state index in [1.54, 1.807) is 0 Å². The number of thiol groups is 1. The first-order valence-electron chi connectivity index (χ1n) is 7.71. The van der Waals surface area contributed by atoms with Gasteiger partial charge in [-0.05, 0) is 20.3 Å². The molecule has 7 N–H and O–H groups in total. The molecule has 26 heavy (non-hydrogen) atoms. The Bertz CT molecular complexity index is 555. The van der Waals surface area contributed by atoms with Crippen LogP contribution >= 0.6 is 12.6 Å². The second kappa shape index (κ2) is 11.3. The molecule has 0 heterocycles. The highest BCUT2D eigenvalue weighted by Gasteiger charge is 2.28. The number of carboxylic acids is 2. The Labute approximate surface area is 155 Å². The molecular formula is C14H24N4O7S. The highest BCUT2D eigenvalue weighted by molar-refractivity contribution is 7.80. The standard InChI is InChI=1S/C14H24N4O7S/c1-6(15)11(21)17-8(3-4-10(19)20)12(22)18-9(5-26)13(23)16-7(2)14(24)25/h6-9,26H,3-5,15H2,1-2H3,(H,16,23)(H,17,21)(H,18,22)(H,19,20)(H,24,25). The van der Waals surface area contributed by atoms with Gasteiger partial charge in [-0.25, -0.2) is 0 Å². The van der Waals surface area contributed by atoms with Crippen LogP contribution in [0.2, 0.25) is 0 Å². The molecule has 0 bridgehead atoms. The monoisotopic (exact) mass is 392 g/mol. The van der Waals surface area contributed by atoms with E-state index in [0.717, 1.165) is 0 Å². The molecule has 0 aromatic carbocycles. The highest BCUT2D eigenvalue weighted by Crippen LogP contribution is 2.01. The number of rotatable bonds is 11. The van der Waals surface area contributed by atoms with Gasteiger partial charge in [0.2, 0.25) is 17.7 Å². The molecule has 11 nitrogen and oxygen atoms in total. The van der Waals surface area contributed by atoms with Gasteiger partial charge in [-0.3, -0.25) is 24.0 Å². The number of carbonyl (C=O) groups excluding carboxylic acids is 3. The van der Waals surface area contributed by atoms with Crippen molar-refractivity contribution >= 4 is 42.3 Å². The summed E-state index contributed by atoms with van der Waals surface area (Å²) >= 11 is 3.94. The molecule has 0 aliphatic heterocycles. The zero-order valence-corrected chi connectivity index (χ0v) is 15.3. The van der Waals surface area contributed by atoms with E-state index >= 15 is 0 Å². The van der Waals surface area contributed by atoms with E-state index in [1.807, 2.05) is 0 Å². The lowest BCUT2D eigenvalue weighted by Gasteiger charge is -2.23. The van der Waals surface area contributed by atoms with E-state index in [0.29, 0.717) is 0 Å². The van der Waals surface area contributed by atoms with E-state index < -0.39 is 60.2 Å². The van der Waals surface area contributed by atoms with Gasteiger partial charge in [-0.15, -0.1) is 0 Å². The molecule has 0 aliphatic carbocycles. The third kappa shape index (κ3) is 8.67. The third-order valence-corrected chi connectivity index (χ3v) is 3.60. The first kappa shape index (κ1) is 23.7. The molecule has 0 saturated carbocycles. The van der Waals surface area contributed by atoms with Crippen molar-refractivity contribution in [2.45, 2.75) is 50.9 Å². The van der Waals surface area contributed by atoms with Crippen molar-refractivity contribution in [3.05, 3.63) is 0 Å². The summed E-state index contributed by atoms with van der Waals surface area (Å²) in [6, 6.07) is -4.50. The fraction of sp³-hybridized carbons (Fsp3) is 0.643. The molecule has 0 aliphatic rings. The maximum Gasteiger partial charge on any atom is 0.325 e. The van der Waals surface area contributed by atoms with Crippen LogP contribution in [-0.2, 0) is 24.0 Å². The second-order valence-corrected chi connectivity index (χ2v) is 5.96. The third-order valence-electron chi connectivity index (χ3n) is 3.24. The van der Waals surface area contributed by atoms with Crippen LogP contribution in [0.5, 0.6) is 0 Å². The minimum Gasteiger partial charge on any atom is -0.481 e. The average molecular weight is 392 g/mol. The summed E-state index contributed by atoms with van der Waals surface area (Å²) in [4.78, 5) is 57.5. The highest BCUT2D eigenvalue weighted by atomic mass is 32.1. The molecule has 0 aromatic heterocycles. The number of hydrogen-bond donors (Lipinski definition) is 7. The molecule has 0 saturated heterocycles. The number of carbonyl (C=O) groups is 5. The Morgan fingerprint density at radius 2 is 1.42 bits per heavy atom. The fourth-order valence-corrected chi connectivity index (χ4v) is 1.94. The summed E-state index contributed by atoms with van der Waals surface area (Å²) in [6.07, 6.45) is -0.614. The van der Waals surface area contributed by atoms with Gasteiger partial charge in [0, 0.05) is 12.2 Å². The van der Waals surface area contributed by atoms with Crippen molar-refractivity contribution in [2.24, 2.45) is 5.73 Å². The second-order valence-electron chi connectivity index (χ2n) is 5.59. The van der Waals surface area contributed by atoms with Crippen molar-refractivity contribution in [3.63, 3.8) is 0 Å². The molecule has 0 radical (unpaired) electrons. The Kier molecular flexibility index (Phi) is 10.3. The number of aliphatic carboxylic acids is 2. The number of amides is 3. The van der Waals surface area contributed by atoms with E-state index in [4.69, 9.17) is 15.9 Å². The van der Waals surface area contributed by atoms with Crippen LogP contribution in [0.15, 0.2) is 0 Å². The predicted octanol–water partition coefficient (Wildman–Crippen LogP) is -2.31. The van der Waals surface area contributed by atoms with Crippen LogP contribution < -0.4 is 21.7 Å². The zero-order valence-electron chi connectivity index (χ0n) is 14.4. The van der Waals surface area contributed by atoms with Crippen molar-refractivity contribution in [3.8, 4) is 0 Å². The van der Waals surface area contributed by atoms with Crippen molar-refractivity contribution < 1.29 is 34.2 Å². The number of nitrogens with two attached hydrogens (primary N) is 1. The van der Waals surface area contributed by atoms with Gasteiger partial charge < -0.3 is 31.9 Å². The first-order chi connectivity index (χ1) is 12.0. The molecule has 12 heteroatoms. The quantitative estimate of drug-likeness (QED) is 0.191. The van der Waals surface area contributed by atoms with Crippen molar-refractivity contribution in [2.75, 3.05) is 5.75 Å². The van der Waals surface area contributed by atoms with Gasteiger partial charge in [0.15, 0.2) is 0 Å². The predicted molar refractivity (Wildman–Crippen MR) is 93.5 cm³/mol. The largest absolute Gasteiger partial charge is 0.481 e. The molecule has 148 valence electrons. The summed E-state index contributed by atoms with van der Waals surface area (Å²) in [5.74, 6) is -4.82. The number of nitrogens with one attached hydrogen (secondary N) is 3. The van der Waals surface area contributed by atoms with Crippen LogP contribution in [0.3, 0.4) is 0 Å². The lowest BCUT2D eigenvalue weighted by Crippen LogP contribution is -2.57. The van der Waals surface area contributed by atoms with Crippen molar-refractivity contribution in [1.29, 1.82) is 0 Å². The van der Waals surface area contributed by atoms with Crippen molar-refractivity contribution in [1.82, 2.24) is 16.0 Å². The van der Waals surface area contributed by atoms with Gasteiger partial charge in [0.25, 0.3) is 0 Å². The van der Waals surface area contributed by atoms with Gasteiger partial charge >= 0.3 is 11.9 Å². The van der Waals surface area contributed by atoms with Crippen LogP contribution in [0.1, 0.15) is 26.7 Å². The van der Waals surface area contributed by atoms with E-state index in [2.05, 4.69) is 28.6 Å². The molecular weight excluding hydrogens is 368 g/mol. The molecule has 0 spiro atoms. The SMILES string of the molecule is CC(N)C(=O)NC(CCC(=O)O)C(=O)NC(CS)C(=O)NC(C)C(=O)O. The zero-order chi connectivity index (χ0) is 20.4. The lowest BCUT2D eigenvalue weighted by molar-refractivity contribution is -0.141. The maximum atomic E-state index is 12.3. The topological polar surface area (TPSA) is 188 Å². The maximum absolute atomic E-state index is 12.3. The summed E-state index contributed by atoms with van der Waals surface area (Å²) in [5.41, 5.74) is 5.41. The fourth-order valence-electron chi connectivity index (χ4n) is 1.68. The average Bonchev–Trinajstić information content (AvgIpc) is 2.54.